The molecule has 124 valence electrons. The second-order valence-electron chi connectivity index (χ2n) is 5.98. The standard InChI is InChI=1S/C19H26N2O2/c1-13(2)8-7-9-14(3)12-18(15(4)22)21-17-11-6-5-10-16(17)19(20)23/h5-6,8,10-12,18,21H,7,9H2,1-4H3,(H2,20,23)/b14-12+. The van der Waals surface area contributed by atoms with Gasteiger partial charge in [-0.15, -0.1) is 0 Å². The van der Waals surface area contributed by atoms with Gasteiger partial charge in [-0.2, -0.15) is 0 Å². The molecule has 0 aliphatic rings. The number of carbonyl (C=O) groups excluding carboxylic acids is 2. The van der Waals surface area contributed by atoms with Gasteiger partial charge in [0.15, 0.2) is 5.78 Å². The Bertz CT molecular complexity index is 626. The van der Waals surface area contributed by atoms with E-state index in [1.165, 1.54) is 12.5 Å². The molecule has 1 amide bonds. The predicted octanol–water partition coefficient (Wildman–Crippen LogP) is 3.85. The second kappa shape index (κ2) is 8.93. The molecule has 1 aromatic carbocycles. The summed E-state index contributed by atoms with van der Waals surface area (Å²) in [4.78, 5) is 23.4. The number of para-hydroxylation sites is 1. The van der Waals surface area contributed by atoms with E-state index in [0.717, 1.165) is 18.4 Å². The van der Waals surface area contributed by atoms with E-state index in [1.807, 2.05) is 13.0 Å². The first-order chi connectivity index (χ1) is 10.8. The lowest BCUT2D eigenvalue weighted by Crippen LogP contribution is -2.27. The number of Topliss-reactive ketones (excluding diaryl/α,β-unsaturated/α-hetero) is 1. The summed E-state index contributed by atoms with van der Waals surface area (Å²) in [7, 11) is 0. The molecule has 0 aliphatic carbocycles. The summed E-state index contributed by atoms with van der Waals surface area (Å²) >= 11 is 0. The molecule has 0 fully saturated rings. The molecule has 0 heterocycles. The molecule has 4 nitrogen and oxygen atoms in total. The van der Waals surface area contributed by atoms with Crippen molar-refractivity contribution in [3.05, 3.63) is 53.1 Å². The number of primary amides is 1. The molecule has 0 radical (unpaired) electrons. The highest BCUT2D eigenvalue weighted by atomic mass is 16.1. The fourth-order valence-corrected chi connectivity index (χ4v) is 2.21. The van der Waals surface area contributed by atoms with Crippen LogP contribution in [0, 0.1) is 0 Å². The largest absolute Gasteiger partial charge is 0.371 e. The predicted molar refractivity (Wildman–Crippen MR) is 95.5 cm³/mol. The van der Waals surface area contributed by atoms with Crippen LogP contribution in [0.5, 0.6) is 0 Å². The van der Waals surface area contributed by atoms with Crippen LogP contribution in [0.4, 0.5) is 5.69 Å². The summed E-state index contributed by atoms with van der Waals surface area (Å²) in [6.45, 7) is 7.68. The normalized spacial score (nSPS) is 12.4. The molecule has 1 atom stereocenters. The van der Waals surface area contributed by atoms with Gasteiger partial charge >= 0.3 is 0 Å². The molecule has 0 aliphatic heterocycles. The number of hydrogen-bond acceptors (Lipinski definition) is 3. The maximum Gasteiger partial charge on any atom is 0.250 e. The number of hydrogen-bond donors (Lipinski definition) is 2. The van der Waals surface area contributed by atoms with E-state index in [1.54, 1.807) is 24.3 Å². The van der Waals surface area contributed by atoms with Gasteiger partial charge < -0.3 is 11.1 Å². The lowest BCUT2D eigenvalue weighted by molar-refractivity contribution is -0.116. The second-order valence-corrected chi connectivity index (χ2v) is 5.98. The van der Waals surface area contributed by atoms with E-state index in [9.17, 15) is 9.59 Å². The van der Waals surface area contributed by atoms with Crippen LogP contribution < -0.4 is 11.1 Å². The molecule has 4 heteroatoms. The molecule has 23 heavy (non-hydrogen) atoms. The number of ketones is 1. The fraction of sp³-hybridized carbons (Fsp3) is 0.368. The number of carbonyl (C=O) groups is 2. The van der Waals surface area contributed by atoms with E-state index >= 15 is 0 Å². The van der Waals surface area contributed by atoms with Crippen LogP contribution in [-0.2, 0) is 4.79 Å². The fourth-order valence-electron chi connectivity index (χ4n) is 2.21. The number of amides is 1. The highest BCUT2D eigenvalue weighted by Crippen LogP contribution is 2.17. The summed E-state index contributed by atoms with van der Waals surface area (Å²) in [5.41, 5.74) is 8.75. The lowest BCUT2D eigenvalue weighted by atomic mass is 10.0. The number of benzene rings is 1. The van der Waals surface area contributed by atoms with E-state index in [-0.39, 0.29) is 5.78 Å². The van der Waals surface area contributed by atoms with Gasteiger partial charge in [0.1, 0.15) is 6.04 Å². The summed E-state index contributed by atoms with van der Waals surface area (Å²) in [5.74, 6) is -0.523. The molecular formula is C19H26N2O2. The van der Waals surface area contributed by atoms with Crippen molar-refractivity contribution in [1.29, 1.82) is 0 Å². The minimum absolute atomic E-state index is 0.00848. The first-order valence-corrected chi connectivity index (χ1v) is 7.77. The third-order valence-electron chi connectivity index (χ3n) is 3.48. The molecular weight excluding hydrogens is 288 g/mol. The Hall–Kier alpha value is -2.36. The van der Waals surface area contributed by atoms with E-state index in [0.29, 0.717) is 11.3 Å². The van der Waals surface area contributed by atoms with Crippen LogP contribution >= 0.6 is 0 Å². The molecule has 0 saturated heterocycles. The molecule has 0 bridgehead atoms. The highest BCUT2D eigenvalue weighted by molar-refractivity contribution is 5.99. The third kappa shape index (κ3) is 6.51. The van der Waals surface area contributed by atoms with Crippen molar-refractivity contribution in [3.8, 4) is 0 Å². The number of nitrogens with one attached hydrogen (secondary N) is 1. The summed E-state index contributed by atoms with van der Waals surface area (Å²) in [5, 5.41) is 3.12. The molecule has 0 saturated carbocycles. The van der Waals surface area contributed by atoms with Crippen LogP contribution in [0.3, 0.4) is 0 Å². The van der Waals surface area contributed by atoms with Crippen LogP contribution in [0.15, 0.2) is 47.6 Å². The monoisotopic (exact) mass is 314 g/mol. The van der Waals surface area contributed by atoms with Gasteiger partial charge in [0, 0.05) is 5.69 Å². The minimum Gasteiger partial charge on any atom is -0.371 e. The minimum atomic E-state index is -0.514. The number of nitrogens with two attached hydrogens (primary N) is 1. The Morgan fingerprint density at radius 2 is 1.83 bits per heavy atom. The van der Waals surface area contributed by atoms with Gasteiger partial charge in [0.05, 0.1) is 5.56 Å². The molecule has 1 unspecified atom stereocenters. The van der Waals surface area contributed by atoms with Gasteiger partial charge in [0.2, 0.25) is 0 Å². The van der Waals surface area contributed by atoms with Crippen LogP contribution in [-0.4, -0.2) is 17.7 Å². The molecule has 3 N–H and O–H groups in total. The van der Waals surface area contributed by atoms with Crippen molar-refractivity contribution in [3.63, 3.8) is 0 Å². The Kier molecular flexibility index (Phi) is 7.26. The lowest BCUT2D eigenvalue weighted by Gasteiger charge is -2.17. The van der Waals surface area contributed by atoms with Gasteiger partial charge in [0.25, 0.3) is 5.91 Å². The van der Waals surface area contributed by atoms with Crippen LogP contribution in [0.2, 0.25) is 0 Å². The van der Waals surface area contributed by atoms with Crippen molar-refractivity contribution < 1.29 is 9.59 Å². The van der Waals surface area contributed by atoms with E-state index in [4.69, 9.17) is 5.73 Å². The zero-order valence-electron chi connectivity index (χ0n) is 14.3. The van der Waals surface area contributed by atoms with Crippen LogP contribution in [0.25, 0.3) is 0 Å². The Labute approximate surface area is 138 Å². The van der Waals surface area contributed by atoms with Gasteiger partial charge in [-0.25, -0.2) is 0 Å². The quantitative estimate of drug-likeness (QED) is 0.716. The maximum atomic E-state index is 11.9. The van der Waals surface area contributed by atoms with Crippen molar-refractivity contribution in [2.45, 2.75) is 46.6 Å². The zero-order chi connectivity index (χ0) is 17.4. The number of allylic oxidation sites excluding steroid dienone is 3. The molecule has 0 spiro atoms. The Balaban J connectivity index is 2.90. The van der Waals surface area contributed by atoms with E-state index < -0.39 is 11.9 Å². The first kappa shape index (κ1) is 18.7. The zero-order valence-corrected chi connectivity index (χ0v) is 14.3. The average molecular weight is 314 g/mol. The van der Waals surface area contributed by atoms with Gasteiger partial charge in [-0.3, -0.25) is 9.59 Å². The van der Waals surface area contributed by atoms with E-state index in [2.05, 4.69) is 25.2 Å². The SMILES string of the molecule is CC(=O)C(/C=C(\C)CCC=C(C)C)Nc1ccccc1C(N)=O. The van der Waals surface area contributed by atoms with Gasteiger partial charge in [-0.1, -0.05) is 35.4 Å². The molecule has 0 aromatic heterocycles. The maximum absolute atomic E-state index is 11.9. The third-order valence-corrected chi connectivity index (χ3v) is 3.48. The number of anilines is 1. The summed E-state index contributed by atoms with van der Waals surface area (Å²) < 4.78 is 0. The van der Waals surface area contributed by atoms with Crippen molar-refractivity contribution in [1.82, 2.24) is 0 Å². The summed E-state index contributed by atoms with van der Waals surface area (Å²) in [6, 6.07) is 6.48. The van der Waals surface area contributed by atoms with Crippen molar-refractivity contribution in [2.24, 2.45) is 5.73 Å². The Morgan fingerprint density at radius 1 is 1.17 bits per heavy atom. The smallest absolute Gasteiger partial charge is 0.250 e. The molecule has 1 aromatic rings. The van der Waals surface area contributed by atoms with Gasteiger partial charge in [-0.05, 0) is 52.7 Å². The highest BCUT2D eigenvalue weighted by Gasteiger charge is 2.15. The Morgan fingerprint density at radius 3 is 2.39 bits per heavy atom. The van der Waals surface area contributed by atoms with Crippen LogP contribution in [0.1, 0.15) is 50.9 Å². The topological polar surface area (TPSA) is 72.2 Å². The molecule has 1 rings (SSSR count). The average Bonchev–Trinajstić information content (AvgIpc) is 2.46. The first-order valence-electron chi connectivity index (χ1n) is 7.77. The summed E-state index contributed by atoms with van der Waals surface area (Å²) in [6.07, 6.45) is 5.94. The van der Waals surface area contributed by atoms with Crippen molar-refractivity contribution in [2.75, 3.05) is 5.32 Å². The van der Waals surface area contributed by atoms with Crippen molar-refractivity contribution >= 4 is 17.4 Å². The number of rotatable bonds is 8.